The molecule has 6 nitrogen and oxygen atoms in total. The molecular formula is C21H33N3O3. The van der Waals surface area contributed by atoms with Crippen LogP contribution in [0, 0.1) is 25.2 Å². The quantitative estimate of drug-likeness (QED) is 0.794. The zero-order valence-corrected chi connectivity index (χ0v) is 17.4. The third kappa shape index (κ3) is 3.51. The zero-order chi connectivity index (χ0) is 19.8. The van der Waals surface area contributed by atoms with Crippen LogP contribution >= 0.6 is 0 Å². The van der Waals surface area contributed by atoms with Gasteiger partial charge in [-0.1, -0.05) is 12.8 Å². The number of carbonyl (C=O) groups excluding carboxylic acids is 2. The van der Waals surface area contributed by atoms with Gasteiger partial charge >= 0.3 is 0 Å². The highest BCUT2D eigenvalue weighted by molar-refractivity contribution is 5.96. The average Bonchev–Trinajstić information content (AvgIpc) is 3.32. The number of ether oxygens (including phenoxy) is 1. The van der Waals surface area contributed by atoms with Crippen LogP contribution in [-0.2, 0) is 16.1 Å². The van der Waals surface area contributed by atoms with E-state index in [1.807, 2.05) is 38.9 Å². The van der Waals surface area contributed by atoms with Crippen LogP contribution in [0.15, 0.2) is 6.07 Å². The number of aromatic nitrogens is 1. The van der Waals surface area contributed by atoms with Crippen molar-refractivity contribution in [1.29, 1.82) is 0 Å². The van der Waals surface area contributed by atoms with E-state index in [2.05, 4.69) is 4.57 Å². The minimum Gasteiger partial charge on any atom is -0.383 e. The predicted octanol–water partition coefficient (Wildman–Crippen LogP) is 2.47. The first-order valence-corrected chi connectivity index (χ1v) is 9.97. The van der Waals surface area contributed by atoms with Crippen LogP contribution in [0.3, 0.4) is 0 Å². The van der Waals surface area contributed by atoms with E-state index in [-0.39, 0.29) is 23.1 Å². The Hall–Kier alpha value is -1.82. The first-order chi connectivity index (χ1) is 12.8. The SMILES string of the molecule is COCCn1c(C)cc(C(=O)N2CC(C(=O)N(C)C)C3(CCCC3)C2)c1C. The highest BCUT2D eigenvalue weighted by Gasteiger charge is 2.52. The lowest BCUT2D eigenvalue weighted by Crippen LogP contribution is -2.39. The lowest BCUT2D eigenvalue weighted by atomic mass is 9.76. The smallest absolute Gasteiger partial charge is 0.255 e. The van der Waals surface area contributed by atoms with Gasteiger partial charge in [0.05, 0.1) is 18.1 Å². The molecule has 2 aliphatic rings. The zero-order valence-electron chi connectivity index (χ0n) is 17.4. The third-order valence-corrected chi connectivity index (χ3v) is 6.60. The van der Waals surface area contributed by atoms with Crippen LogP contribution in [-0.4, -0.2) is 67.1 Å². The molecule has 1 aromatic rings. The molecule has 1 saturated heterocycles. The topological polar surface area (TPSA) is 54.8 Å². The normalized spacial score (nSPS) is 21.2. The van der Waals surface area contributed by atoms with Gasteiger partial charge in [-0.05, 0) is 32.8 Å². The fourth-order valence-electron chi connectivity index (χ4n) is 5.08. The summed E-state index contributed by atoms with van der Waals surface area (Å²) in [5.74, 6) is 0.154. The molecule has 2 heterocycles. The molecule has 1 aliphatic heterocycles. The minimum atomic E-state index is -0.0732. The number of nitrogens with zero attached hydrogens (tertiary/aromatic N) is 3. The summed E-state index contributed by atoms with van der Waals surface area (Å²) in [6.45, 7) is 6.64. The maximum atomic E-state index is 13.3. The van der Waals surface area contributed by atoms with Gasteiger partial charge in [0.1, 0.15) is 0 Å². The molecule has 2 fully saturated rings. The standard InChI is InChI=1S/C21H33N3O3/c1-15-12-17(16(2)24(15)10-11-27-5)19(25)23-13-18(20(26)22(3)4)21(14-23)8-6-7-9-21/h12,18H,6-11,13-14H2,1-5H3. The van der Waals surface area contributed by atoms with Gasteiger partial charge in [-0.25, -0.2) is 0 Å². The van der Waals surface area contributed by atoms with E-state index in [1.165, 1.54) is 0 Å². The van der Waals surface area contributed by atoms with E-state index in [4.69, 9.17) is 4.74 Å². The number of aryl methyl sites for hydroxylation is 1. The van der Waals surface area contributed by atoms with Crippen LogP contribution in [0.5, 0.6) is 0 Å². The Labute approximate surface area is 162 Å². The molecule has 0 radical (unpaired) electrons. The Morgan fingerprint density at radius 1 is 1.26 bits per heavy atom. The highest BCUT2D eigenvalue weighted by atomic mass is 16.5. The number of carbonyl (C=O) groups is 2. The van der Waals surface area contributed by atoms with Crippen molar-refractivity contribution in [2.24, 2.45) is 11.3 Å². The number of hydrogen-bond donors (Lipinski definition) is 0. The monoisotopic (exact) mass is 375 g/mol. The molecule has 6 heteroatoms. The first kappa shape index (κ1) is 19.9. The van der Waals surface area contributed by atoms with E-state index in [9.17, 15) is 9.59 Å². The van der Waals surface area contributed by atoms with Gasteiger partial charge < -0.3 is 19.1 Å². The fraction of sp³-hybridized carbons (Fsp3) is 0.714. The van der Waals surface area contributed by atoms with Crippen molar-refractivity contribution in [3.8, 4) is 0 Å². The highest BCUT2D eigenvalue weighted by Crippen LogP contribution is 2.49. The molecule has 1 aromatic heterocycles. The minimum absolute atomic E-state index is 0.0292. The summed E-state index contributed by atoms with van der Waals surface area (Å²) in [5.41, 5.74) is 2.79. The lowest BCUT2D eigenvalue weighted by molar-refractivity contribution is -0.135. The molecule has 0 bridgehead atoms. The van der Waals surface area contributed by atoms with Gasteiger partial charge in [-0.2, -0.15) is 0 Å². The van der Waals surface area contributed by atoms with Gasteiger partial charge in [0.15, 0.2) is 0 Å². The Balaban J connectivity index is 1.85. The molecule has 0 N–H and O–H groups in total. The van der Waals surface area contributed by atoms with Crippen LogP contribution in [0.4, 0.5) is 0 Å². The van der Waals surface area contributed by atoms with Crippen LogP contribution in [0.1, 0.15) is 47.4 Å². The number of amides is 2. The molecule has 3 rings (SSSR count). The molecule has 1 spiro atoms. The summed E-state index contributed by atoms with van der Waals surface area (Å²) in [6, 6.07) is 1.98. The number of methoxy groups -OCH3 is 1. The van der Waals surface area contributed by atoms with Crippen molar-refractivity contribution in [1.82, 2.24) is 14.4 Å². The largest absolute Gasteiger partial charge is 0.383 e. The number of likely N-dealkylation sites (tertiary alicyclic amines) is 1. The molecule has 150 valence electrons. The number of hydrogen-bond acceptors (Lipinski definition) is 3. The van der Waals surface area contributed by atoms with E-state index >= 15 is 0 Å². The van der Waals surface area contributed by atoms with Crippen molar-refractivity contribution in [3.63, 3.8) is 0 Å². The van der Waals surface area contributed by atoms with E-state index in [0.717, 1.165) is 49.2 Å². The summed E-state index contributed by atoms with van der Waals surface area (Å²) >= 11 is 0. The van der Waals surface area contributed by atoms with Crippen molar-refractivity contribution < 1.29 is 14.3 Å². The molecule has 1 saturated carbocycles. The second kappa shape index (κ2) is 7.66. The second-order valence-electron chi connectivity index (χ2n) is 8.47. The van der Waals surface area contributed by atoms with Crippen molar-refractivity contribution >= 4 is 11.8 Å². The van der Waals surface area contributed by atoms with E-state index in [1.54, 1.807) is 12.0 Å². The van der Waals surface area contributed by atoms with Crippen LogP contribution < -0.4 is 0 Å². The van der Waals surface area contributed by atoms with Gasteiger partial charge in [0.2, 0.25) is 5.91 Å². The Morgan fingerprint density at radius 3 is 2.52 bits per heavy atom. The predicted molar refractivity (Wildman–Crippen MR) is 105 cm³/mol. The third-order valence-electron chi connectivity index (χ3n) is 6.60. The summed E-state index contributed by atoms with van der Waals surface area (Å²) in [4.78, 5) is 29.8. The van der Waals surface area contributed by atoms with Crippen LogP contribution in [0.2, 0.25) is 0 Å². The maximum Gasteiger partial charge on any atom is 0.255 e. The number of rotatable bonds is 5. The first-order valence-electron chi connectivity index (χ1n) is 9.97. The summed E-state index contributed by atoms with van der Waals surface area (Å²) in [6.07, 6.45) is 4.41. The van der Waals surface area contributed by atoms with Gasteiger partial charge in [-0.15, -0.1) is 0 Å². The Morgan fingerprint density at radius 2 is 1.93 bits per heavy atom. The molecule has 0 aromatic carbocycles. The summed E-state index contributed by atoms with van der Waals surface area (Å²) in [5, 5.41) is 0. The molecule has 1 atom stereocenters. The lowest BCUT2D eigenvalue weighted by Gasteiger charge is -2.30. The Bertz CT molecular complexity index is 716. The van der Waals surface area contributed by atoms with Gasteiger partial charge in [0, 0.05) is 57.6 Å². The Kier molecular flexibility index (Phi) is 5.65. The molecule has 2 amide bonds. The van der Waals surface area contributed by atoms with E-state index < -0.39 is 0 Å². The summed E-state index contributed by atoms with van der Waals surface area (Å²) in [7, 11) is 5.32. The van der Waals surface area contributed by atoms with Crippen molar-refractivity contribution in [2.45, 2.75) is 46.1 Å². The van der Waals surface area contributed by atoms with Gasteiger partial charge in [-0.3, -0.25) is 9.59 Å². The van der Waals surface area contributed by atoms with Crippen molar-refractivity contribution in [3.05, 3.63) is 23.0 Å². The van der Waals surface area contributed by atoms with Gasteiger partial charge in [0.25, 0.3) is 5.91 Å². The van der Waals surface area contributed by atoms with Crippen LogP contribution in [0.25, 0.3) is 0 Å². The molecule has 27 heavy (non-hydrogen) atoms. The average molecular weight is 376 g/mol. The second-order valence-corrected chi connectivity index (χ2v) is 8.47. The maximum absolute atomic E-state index is 13.3. The molecule has 1 unspecified atom stereocenters. The summed E-state index contributed by atoms with van der Waals surface area (Å²) < 4.78 is 7.33. The van der Waals surface area contributed by atoms with Crippen molar-refractivity contribution in [2.75, 3.05) is 40.9 Å². The molecule has 1 aliphatic carbocycles. The molecular weight excluding hydrogens is 342 g/mol. The fourth-order valence-corrected chi connectivity index (χ4v) is 5.08. The van der Waals surface area contributed by atoms with E-state index in [0.29, 0.717) is 19.7 Å².